The third-order valence-electron chi connectivity index (χ3n) is 3.49. The average molecular weight is 443 g/mol. The summed E-state index contributed by atoms with van der Waals surface area (Å²) in [6, 6.07) is 8.56. The molecule has 1 saturated heterocycles. The van der Waals surface area contributed by atoms with E-state index in [1.54, 1.807) is 18.2 Å². The van der Waals surface area contributed by atoms with Gasteiger partial charge in [-0.1, -0.05) is 23.7 Å². The minimum Gasteiger partial charge on any atom is -0.507 e. The molecule has 2 amide bonds. The molecule has 0 atom stereocenters. The van der Waals surface area contributed by atoms with Gasteiger partial charge in [-0.2, -0.15) is 0 Å². The van der Waals surface area contributed by atoms with Gasteiger partial charge in [0.2, 0.25) is 0 Å². The van der Waals surface area contributed by atoms with Crippen LogP contribution in [0.5, 0.6) is 5.75 Å². The number of phenols is 1. The van der Waals surface area contributed by atoms with E-state index in [0.29, 0.717) is 15.6 Å². The van der Waals surface area contributed by atoms with Crippen molar-refractivity contribution in [1.29, 1.82) is 0 Å². The number of hydrogen-bond donors (Lipinski definition) is 1. The minimum atomic E-state index is -0.485. The second-order valence-corrected chi connectivity index (χ2v) is 7.47. The van der Waals surface area contributed by atoms with E-state index >= 15 is 0 Å². The van der Waals surface area contributed by atoms with Crippen molar-refractivity contribution in [2.45, 2.75) is 6.54 Å². The summed E-state index contributed by atoms with van der Waals surface area (Å²) in [7, 11) is 0. The van der Waals surface area contributed by atoms with Crippen LogP contribution in [-0.4, -0.2) is 21.2 Å². The van der Waals surface area contributed by atoms with E-state index < -0.39 is 17.0 Å². The van der Waals surface area contributed by atoms with Crippen LogP contribution in [0.1, 0.15) is 11.1 Å². The van der Waals surface area contributed by atoms with Gasteiger partial charge in [0.05, 0.1) is 15.9 Å². The van der Waals surface area contributed by atoms with Gasteiger partial charge in [-0.25, -0.2) is 4.39 Å². The Hall–Kier alpha value is -1.83. The molecular formula is C17H10BrClFNO3S. The van der Waals surface area contributed by atoms with Crippen LogP contribution in [0.15, 0.2) is 45.8 Å². The van der Waals surface area contributed by atoms with Crippen molar-refractivity contribution in [2.24, 2.45) is 0 Å². The van der Waals surface area contributed by atoms with Crippen molar-refractivity contribution >= 4 is 56.5 Å². The molecule has 0 bridgehead atoms. The van der Waals surface area contributed by atoms with E-state index in [-0.39, 0.29) is 22.2 Å². The maximum absolute atomic E-state index is 13.1. The number of halogens is 3. The van der Waals surface area contributed by atoms with Crippen LogP contribution in [0, 0.1) is 5.82 Å². The molecule has 2 aromatic carbocycles. The van der Waals surface area contributed by atoms with Gasteiger partial charge in [0.25, 0.3) is 11.1 Å². The quantitative estimate of drug-likeness (QED) is 0.665. The van der Waals surface area contributed by atoms with Gasteiger partial charge < -0.3 is 5.11 Å². The lowest BCUT2D eigenvalue weighted by atomic mass is 10.2. The number of imide groups is 1. The standard InChI is InChI=1S/C17H10BrClFNO3S/c18-12-5-9(1-4-14(12)22)6-15-16(23)21(17(24)25-15)8-10-2-3-11(20)7-13(10)19/h1-7,22H,8H2. The number of carbonyl (C=O) groups is 2. The minimum absolute atomic E-state index is 0.0274. The molecule has 0 spiro atoms. The summed E-state index contributed by atoms with van der Waals surface area (Å²) < 4.78 is 13.6. The van der Waals surface area contributed by atoms with Crippen molar-refractivity contribution in [1.82, 2.24) is 4.90 Å². The first-order valence-corrected chi connectivity index (χ1v) is 9.01. The Balaban J connectivity index is 1.84. The molecule has 4 nitrogen and oxygen atoms in total. The highest BCUT2D eigenvalue weighted by molar-refractivity contribution is 9.10. The van der Waals surface area contributed by atoms with Crippen LogP contribution < -0.4 is 0 Å². The Morgan fingerprint density at radius 1 is 1.24 bits per heavy atom. The summed E-state index contributed by atoms with van der Waals surface area (Å²) in [5, 5.41) is 9.25. The number of nitrogens with zero attached hydrogens (tertiary/aromatic N) is 1. The summed E-state index contributed by atoms with van der Waals surface area (Å²) in [4.78, 5) is 26.0. The van der Waals surface area contributed by atoms with E-state index in [1.165, 1.54) is 18.2 Å². The van der Waals surface area contributed by atoms with Crippen molar-refractivity contribution in [3.05, 3.63) is 67.7 Å². The Morgan fingerprint density at radius 2 is 2.00 bits per heavy atom. The number of phenolic OH excluding ortho intramolecular Hbond substituents is 1. The molecule has 1 aliphatic rings. The lowest BCUT2D eigenvalue weighted by Gasteiger charge is -2.13. The first kappa shape index (κ1) is 18.0. The number of benzene rings is 2. The lowest BCUT2D eigenvalue weighted by Crippen LogP contribution is -2.27. The van der Waals surface area contributed by atoms with E-state index in [1.807, 2.05) is 0 Å². The van der Waals surface area contributed by atoms with Crippen molar-refractivity contribution in [2.75, 3.05) is 0 Å². The van der Waals surface area contributed by atoms with Crippen molar-refractivity contribution < 1.29 is 19.1 Å². The molecule has 1 fully saturated rings. The molecule has 3 rings (SSSR count). The maximum Gasteiger partial charge on any atom is 0.293 e. The lowest BCUT2D eigenvalue weighted by molar-refractivity contribution is -0.123. The molecule has 2 aromatic rings. The molecular weight excluding hydrogens is 433 g/mol. The predicted molar refractivity (Wildman–Crippen MR) is 98.7 cm³/mol. The Labute approximate surface area is 160 Å². The molecule has 25 heavy (non-hydrogen) atoms. The van der Waals surface area contributed by atoms with Gasteiger partial charge in [0.15, 0.2) is 0 Å². The van der Waals surface area contributed by atoms with Crippen LogP contribution >= 0.6 is 39.3 Å². The van der Waals surface area contributed by atoms with Gasteiger partial charge in [0, 0.05) is 5.02 Å². The number of amides is 2. The van der Waals surface area contributed by atoms with Gasteiger partial charge in [-0.15, -0.1) is 0 Å². The largest absolute Gasteiger partial charge is 0.507 e. The summed E-state index contributed by atoms with van der Waals surface area (Å²) in [6.45, 7) is -0.0274. The Bertz CT molecular complexity index is 919. The van der Waals surface area contributed by atoms with Crippen molar-refractivity contribution in [3.8, 4) is 5.75 Å². The molecule has 128 valence electrons. The fourth-order valence-electron chi connectivity index (χ4n) is 2.22. The fraction of sp³-hybridized carbons (Fsp3) is 0.0588. The summed E-state index contributed by atoms with van der Waals surface area (Å²) in [5.74, 6) is -0.850. The number of aromatic hydroxyl groups is 1. The monoisotopic (exact) mass is 441 g/mol. The van der Waals surface area contributed by atoms with Crippen LogP contribution in [0.4, 0.5) is 9.18 Å². The predicted octanol–water partition coefficient (Wildman–Crippen LogP) is 5.18. The highest BCUT2D eigenvalue weighted by Crippen LogP contribution is 2.35. The number of thioether (sulfide) groups is 1. The van der Waals surface area contributed by atoms with Gasteiger partial charge in [0.1, 0.15) is 11.6 Å². The molecule has 0 radical (unpaired) electrons. The fourth-order valence-corrected chi connectivity index (χ4v) is 3.68. The third-order valence-corrected chi connectivity index (χ3v) is 5.38. The van der Waals surface area contributed by atoms with Crippen LogP contribution in [0.3, 0.4) is 0 Å². The molecule has 0 saturated carbocycles. The van der Waals surface area contributed by atoms with Gasteiger partial charge in [-0.3, -0.25) is 14.5 Å². The van der Waals surface area contributed by atoms with Gasteiger partial charge in [-0.05, 0) is 69.2 Å². The first-order valence-electron chi connectivity index (χ1n) is 7.03. The van der Waals surface area contributed by atoms with E-state index in [2.05, 4.69) is 15.9 Å². The zero-order valence-electron chi connectivity index (χ0n) is 12.5. The van der Waals surface area contributed by atoms with Crippen LogP contribution in [0.2, 0.25) is 5.02 Å². The first-order chi connectivity index (χ1) is 11.8. The number of carbonyl (C=O) groups excluding carboxylic acids is 2. The van der Waals surface area contributed by atoms with Crippen LogP contribution in [-0.2, 0) is 11.3 Å². The zero-order valence-corrected chi connectivity index (χ0v) is 15.7. The smallest absolute Gasteiger partial charge is 0.293 e. The normalized spacial score (nSPS) is 16.1. The molecule has 1 N–H and O–H groups in total. The summed E-state index contributed by atoms with van der Waals surface area (Å²) >= 11 is 9.98. The van der Waals surface area contributed by atoms with Crippen LogP contribution in [0.25, 0.3) is 6.08 Å². The molecule has 0 unspecified atom stereocenters. The third kappa shape index (κ3) is 3.89. The highest BCUT2D eigenvalue weighted by atomic mass is 79.9. The Morgan fingerprint density at radius 3 is 2.68 bits per heavy atom. The highest BCUT2D eigenvalue weighted by Gasteiger charge is 2.35. The topological polar surface area (TPSA) is 57.6 Å². The molecule has 0 aromatic heterocycles. The second-order valence-electron chi connectivity index (χ2n) is 5.21. The second kappa shape index (κ2) is 7.19. The van der Waals surface area contributed by atoms with E-state index in [4.69, 9.17) is 11.6 Å². The SMILES string of the molecule is O=C1SC(=Cc2ccc(O)c(Br)c2)C(=O)N1Cc1ccc(F)cc1Cl. The number of hydrogen-bond acceptors (Lipinski definition) is 4. The molecule has 8 heteroatoms. The average Bonchev–Trinajstić information content (AvgIpc) is 2.81. The molecule has 1 heterocycles. The maximum atomic E-state index is 13.1. The summed E-state index contributed by atoms with van der Waals surface area (Å²) in [6.07, 6.45) is 1.57. The van der Waals surface area contributed by atoms with E-state index in [9.17, 15) is 19.1 Å². The van der Waals surface area contributed by atoms with Crippen molar-refractivity contribution in [3.63, 3.8) is 0 Å². The summed E-state index contributed by atoms with van der Waals surface area (Å²) in [5.41, 5.74) is 1.15. The number of rotatable bonds is 3. The van der Waals surface area contributed by atoms with Gasteiger partial charge >= 0.3 is 0 Å². The zero-order chi connectivity index (χ0) is 18.1. The van der Waals surface area contributed by atoms with E-state index in [0.717, 1.165) is 22.7 Å². The Kier molecular flexibility index (Phi) is 5.17. The molecule has 1 aliphatic heterocycles. The molecule has 0 aliphatic carbocycles.